The molecule has 0 unspecified atom stereocenters. The molecule has 2 rings (SSSR count). The molecular formula is C14H20NO4S+. The van der Waals surface area contributed by atoms with Crippen molar-refractivity contribution in [3.63, 3.8) is 0 Å². The van der Waals surface area contributed by atoms with Crippen molar-refractivity contribution >= 4 is 21.8 Å². The maximum atomic E-state index is 10.5. The highest BCUT2D eigenvalue weighted by Crippen LogP contribution is 2.39. The largest absolute Gasteiger partial charge is 0.397 e. The summed E-state index contributed by atoms with van der Waals surface area (Å²) in [6.07, 6.45) is 0.515. The van der Waals surface area contributed by atoms with Gasteiger partial charge in [-0.3, -0.25) is 4.55 Å². The van der Waals surface area contributed by atoms with E-state index >= 15 is 0 Å². The molecule has 1 aliphatic heterocycles. The smallest absolute Gasteiger partial charge is 0.264 e. The number of hydrogen-bond donors (Lipinski definition) is 1. The summed E-state index contributed by atoms with van der Waals surface area (Å²) in [5.41, 5.74) is 3.63. The van der Waals surface area contributed by atoms with Crippen molar-refractivity contribution in [1.29, 1.82) is 0 Å². The molecule has 6 heteroatoms. The molecule has 0 aliphatic carbocycles. The molecule has 0 saturated heterocycles. The van der Waals surface area contributed by atoms with Crippen LogP contribution in [-0.2, 0) is 20.0 Å². The zero-order chi connectivity index (χ0) is 15.0. The number of rotatable bonds is 5. The fourth-order valence-corrected chi connectivity index (χ4v) is 2.95. The Labute approximate surface area is 119 Å². The molecule has 5 nitrogen and oxygen atoms in total. The summed E-state index contributed by atoms with van der Waals surface area (Å²) in [5, 5.41) is 0. The molecule has 1 heterocycles. The Balaban J connectivity index is 2.14. The van der Waals surface area contributed by atoms with Gasteiger partial charge >= 0.3 is 10.4 Å². The molecule has 1 aliphatic rings. The lowest BCUT2D eigenvalue weighted by Gasteiger charge is -2.14. The highest BCUT2D eigenvalue weighted by atomic mass is 32.3. The summed E-state index contributed by atoms with van der Waals surface area (Å²) >= 11 is 0. The maximum absolute atomic E-state index is 10.5. The molecular weight excluding hydrogens is 278 g/mol. The molecule has 110 valence electrons. The van der Waals surface area contributed by atoms with Gasteiger partial charge in [-0.2, -0.15) is 13.0 Å². The van der Waals surface area contributed by atoms with Gasteiger partial charge in [-0.15, -0.1) is 0 Å². The van der Waals surface area contributed by atoms with Crippen LogP contribution in [0.4, 0.5) is 5.69 Å². The Morgan fingerprint density at radius 1 is 1.30 bits per heavy atom. The van der Waals surface area contributed by atoms with Gasteiger partial charge in [-0.1, -0.05) is 18.2 Å². The van der Waals surface area contributed by atoms with Crippen molar-refractivity contribution < 1.29 is 21.7 Å². The molecule has 0 spiro atoms. The molecule has 0 saturated carbocycles. The van der Waals surface area contributed by atoms with E-state index < -0.39 is 10.4 Å². The van der Waals surface area contributed by atoms with E-state index in [2.05, 4.69) is 41.7 Å². The number of hydrogen-bond acceptors (Lipinski definition) is 3. The van der Waals surface area contributed by atoms with Crippen molar-refractivity contribution in [2.45, 2.75) is 32.6 Å². The third-order valence-electron chi connectivity index (χ3n) is 3.94. The molecule has 0 aromatic heterocycles. The summed E-state index contributed by atoms with van der Waals surface area (Å²) in [6, 6.07) is 8.21. The van der Waals surface area contributed by atoms with Gasteiger partial charge in [0.25, 0.3) is 0 Å². The molecule has 0 radical (unpaired) electrons. The van der Waals surface area contributed by atoms with E-state index in [0.717, 1.165) is 5.69 Å². The van der Waals surface area contributed by atoms with Gasteiger partial charge in [-0.25, -0.2) is 4.18 Å². The molecule has 1 aromatic carbocycles. The average molecular weight is 298 g/mol. The van der Waals surface area contributed by atoms with Crippen molar-refractivity contribution in [2.75, 3.05) is 13.2 Å². The Morgan fingerprint density at radius 2 is 1.95 bits per heavy atom. The lowest BCUT2D eigenvalue weighted by molar-refractivity contribution is -0.439. The van der Waals surface area contributed by atoms with Crippen LogP contribution in [0.3, 0.4) is 0 Å². The van der Waals surface area contributed by atoms with Gasteiger partial charge in [0.05, 0.1) is 12.0 Å². The van der Waals surface area contributed by atoms with Crippen LogP contribution in [-0.4, -0.2) is 36.4 Å². The van der Waals surface area contributed by atoms with Crippen LogP contribution in [0.15, 0.2) is 24.3 Å². The van der Waals surface area contributed by atoms with Crippen LogP contribution in [0.1, 0.15) is 32.8 Å². The standard InChI is InChI=1S/C14H19NO4S/c1-11-14(2,3)12-7-4-5-8-13(12)15(11)9-6-10-19-20(16,17)18/h4-5,7-8H,6,9-10H2,1-3H3/p+1. The average Bonchev–Trinajstić information content (AvgIpc) is 2.54. The minimum atomic E-state index is -4.34. The summed E-state index contributed by atoms with van der Waals surface area (Å²) in [7, 11) is -4.34. The van der Waals surface area contributed by atoms with E-state index in [-0.39, 0.29) is 12.0 Å². The summed E-state index contributed by atoms with van der Waals surface area (Å²) in [4.78, 5) is 0. The van der Waals surface area contributed by atoms with Gasteiger partial charge in [0.15, 0.2) is 12.3 Å². The fourth-order valence-electron chi connectivity index (χ4n) is 2.63. The SMILES string of the molecule is CC1=[N+](CCCOS(=O)(=O)O)c2ccccc2C1(C)C. The van der Waals surface area contributed by atoms with Gasteiger partial charge in [0, 0.05) is 25.0 Å². The predicted octanol–water partition coefficient (Wildman–Crippen LogP) is 2.29. The van der Waals surface area contributed by atoms with Crippen LogP contribution in [0.5, 0.6) is 0 Å². The highest BCUT2D eigenvalue weighted by molar-refractivity contribution is 7.80. The molecule has 1 N–H and O–H groups in total. The Kier molecular flexibility index (Phi) is 4.00. The molecule has 1 aromatic rings. The van der Waals surface area contributed by atoms with Crippen molar-refractivity contribution in [2.24, 2.45) is 0 Å². The van der Waals surface area contributed by atoms with E-state index in [1.807, 2.05) is 12.1 Å². The fraction of sp³-hybridized carbons (Fsp3) is 0.500. The van der Waals surface area contributed by atoms with E-state index in [0.29, 0.717) is 13.0 Å². The summed E-state index contributed by atoms with van der Waals surface area (Å²) in [5.74, 6) is 0. The van der Waals surface area contributed by atoms with E-state index in [4.69, 9.17) is 4.55 Å². The molecule has 0 bridgehead atoms. The first-order chi connectivity index (χ1) is 9.23. The van der Waals surface area contributed by atoms with Crippen molar-refractivity contribution in [3.05, 3.63) is 29.8 Å². The minimum Gasteiger partial charge on any atom is -0.264 e. The first-order valence-electron chi connectivity index (χ1n) is 6.56. The topological polar surface area (TPSA) is 66.6 Å². The van der Waals surface area contributed by atoms with E-state index in [1.165, 1.54) is 11.3 Å². The van der Waals surface area contributed by atoms with Crippen molar-refractivity contribution in [1.82, 2.24) is 0 Å². The van der Waals surface area contributed by atoms with Crippen LogP contribution < -0.4 is 0 Å². The summed E-state index contributed by atoms with van der Waals surface area (Å²) < 4.78 is 36.1. The monoisotopic (exact) mass is 298 g/mol. The van der Waals surface area contributed by atoms with E-state index in [9.17, 15) is 8.42 Å². The van der Waals surface area contributed by atoms with Crippen LogP contribution in [0, 0.1) is 0 Å². The zero-order valence-electron chi connectivity index (χ0n) is 12.0. The second-order valence-corrected chi connectivity index (χ2v) is 6.57. The Hall–Kier alpha value is -1.24. The van der Waals surface area contributed by atoms with Gasteiger partial charge in [0.1, 0.15) is 0 Å². The van der Waals surface area contributed by atoms with Gasteiger partial charge in [-0.05, 0) is 13.8 Å². The quantitative estimate of drug-likeness (QED) is 0.514. The lowest BCUT2D eigenvalue weighted by atomic mass is 9.82. The molecule has 0 fully saturated rings. The Morgan fingerprint density at radius 3 is 2.60 bits per heavy atom. The predicted molar refractivity (Wildman–Crippen MR) is 77.1 cm³/mol. The number of para-hydroxylation sites is 1. The van der Waals surface area contributed by atoms with Crippen molar-refractivity contribution in [3.8, 4) is 0 Å². The normalized spacial score (nSPS) is 17.4. The second kappa shape index (κ2) is 5.27. The van der Waals surface area contributed by atoms with Crippen LogP contribution >= 0.6 is 0 Å². The van der Waals surface area contributed by atoms with Crippen LogP contribution in [0.25, 0.3) is 0 Å². The number of nitrogens with zero attached hydrogens (tertiary/aromatic N) is 1. The first kappa shape index (κ1) is 15.2. The second-order valence-electron chi connectivity index (χ2n) is 5.48. The van der Waals surface area contributed by atoms with Gasteiger partial charge < -0.3 is 0 Å². The molecule has 0 amide bonds. The Bertz CT molecular complexity index is 647. The summed E-state index contributed by atoms with van der Waals surface area (Å²) in [6.45, 7) is 7.07. The third kappa shape index (κ3) is 2.92. The lowest BCUT2D eigenvalue weighted by Crippen LogP contribution is -2.27. The van der Waals surface area contributed by atoms with Crippen LogP contribution in [0.2, 0.25) is 0 Å². The molecule has 20 heavy (non-hydrogen) atoms. The first-order valence-corrected chi connectivity index (χ1v) is 7.93. The minimum absolute atomic E-state index is 0.0226. The number of benzene rings is 1. The zero-order valence-corrected chi connectivity index (χ0v) is 12.8. The maximum Gasteiger partial charge on any atom is 0.397 e. The van der Waals surface area contributed by atoms with E-state index in [1.54, 1.807) is 0 Å². The third-order valence-corrected chi connectivity index (χ3v) is 4.40. The van der Waals surface area contributed by atoms with Gasteiger partial charge in [0.2, 0.25) is 5.69 Å². The highest BCUT2D eigenvalue weighted by Gasteiger charge is 2.42. The number of fused-ring (bicyclic) bond motifs is 1. The molecule has 0 atom stereocenters.